The van der Waals surface area contributed by atoms with Crippen molar-refractivity contribution >= 4 is 23.7 Å². The molecule has 7 heteroatoms. The lowest BCUT2D eigenvalue weighted by molar-refractivity contribution is -0.120. The zero-order chi connectivity index (χ0) is 18.4. The maximum absolute atomic E-state index is 12.4. The number of benzene rings is 1. The molecule has 142 valence electrons. The number of hydrogen-bond acceptors (Lipinski definition) is 5. The minimum atomic E-state index is -0.0573. The first-order chi connectivity index (χ1) is 12.7. The average Bonchev–Trinajstić information content (AvgIpc) is 2.68. The second-order valence-corrected chi connectivity index (χ2v) is 6.75. The van der Waals surface area contributed by atoms with Gasteiger partial charge in [-0.2, -0.15) is 0 Å². The smallest absolute Gasteiger partial charge is 0.227 e. The predicted molar refractivity (Wildman–Crippen MR) is 99.7 cm³/mol. The van der Waals surface area contributed by atoms with Crippen LogP contribution in [0.1, 0.15) is 25.7 Å². The van der Waals surface area contributed by atoms with Crippen molar-refractivity contribution in [2.75, 3.05) is 50.1 Å². The van der Waals surface area contributed by atoms with Gasteiger partial charge in [0.1, 0.15) is 5.75 Å². The Morgan fingerprint density at radius 3 is 2.77 bits per heavy atom. The first kappa shape index (κ1) is 18.5. The van der Waals surface area contributed by atoms with E-state index < -0.39 is 0 Å². The molecule has 0 aromatic heterocycles. The lowest BCUT2D eigenvalue weighted by Crippen LogP contribution is -2.45. The number of ether oxygens (including phenoxy) is 2. The SMILES string of the molecule is COc1ccc(N2CCN(C=O)CC2)cc1NC(=O)CC1CCCCO1. The highest BCUT2D eigenvalue weighted by atomic mass is 16.5. The molecule has 0 saturated carbocycles. The largest absolute Gasteiger partial charge is 0.495 e. The van der Waals surface area contributed by atoms with Crippen LogP contribution in [-0.4, -0.2) is 63.2 Å². The molecular weight excluding hydrogens is 334 g/mol. The van der Waals surface area contributed by atoms with Crippen molar-refractivity contribution in [2.24, 2.45) is 0 Å². The fourth-order valence-corrected chi connectivity index (χ4v) is 3.45. The molecule has 0 radical (unpaired) electrons. The van der Waals surface area contributed by atoms with Gasteiger partial charge in [0.05, 0.1) is 25.3 Å². The number of methoxy groups -OCH3 is 1. The first-order valence-corrected chi connectivity index (χ1v) is 9.23. The minimum absolute atomic E-state index is 0.00865. The Balaban J connectivity index is 1.65. The van der Waals surface area contributed by atoms with Crippen LogP contribution in [0.2, 0.25) is 0 Å². The van der Waals surface area contributed by atoms with Crippen molar-refractivity contribution in [3.05, 3.63) is 18.2 Å². The number of piperazine rings is 1. The highest BCUT2D eigenvalue weighted by Gasteiger charge is 2.20. The number of carbonyl (C=O) groups is 2. The van der Waals surface area contributed by atoms with Crippen molar-refractivity contribution in [1.82, 2.24) is 4.90 Å². The van der Waals surface area contributed by atoms with Gasteiger partial charge >= 0.3 is 0 Å². The number of carbonyl (C=O) groups excluding carboxylic acids is 2. The zero-order valence-electron chi connectivity index (χ0n) is 15.3. The minimum Gasteiger partial charge on any atom is -0.495 e. The van der Waals surface area contributed by atoms with Crippen LogP contribution >= 0.6 is 0 Å². The molecule has 1 unspecified atom stereocenters. The van der Waals surface area contributed by atoms with E-state index in [1.165, 1.54) is 0 Å². The number of rotatable bonds is 6. The highest BCUT2D eigenvalue weighted by Crippen LogP contribution is 2.30. The molecule has 0 spiro atoms. The van der Waals surface area contributed by atoms with Gasteiger partial charge in [0, 0.05) is 38.5 Å². The van der Waals surface area contributed by atoms with Crippen LogP contribution in [-0.2, 0) is 14.3 Å². The van der Waals surface area contributed by atoms with Crippen LogP contribution in [0.4, 0.5) is 11.4 Å². The van der Waals surface area contributed by atoms with Crippen molar-refractivity contribution in [2.45, 2.75) is 31.8 Å². The molecule has 3 rings (SSSR count). The second-order valence-electron chi connectivity index (χ2n) is 6.75. The summed E-state index contributed by atoms with van der Waals surface area (Å²) in [5.74, 6) is 0.580. The Bertz CT molecular complexity index is 623. The number of nitrogens with zero attached hydrogens (tertiary/aromatic N) is 2. The van der Waals surface area contributed by atoms with Crippen LogP contribution in [0.3, 0.4) is 0 Å². The van der Waals surface area contributed by atoms with E-state index in [9.17, 15) is 9.59 Å². The molecule has 1 aromatic carbocycles. The third-order valence-corrected chi connectivity index (χ3v) is 4.97. The van der Waals surface area contributed by atoms with E-state index in [1.807, 2.05) is 18.2 Å². The van der Waals surface area contributed by atoms with Crippen molar-refractivity contribution < 1.29 is 19.1 Å². The maximum atomic E-state index is 12.4. The van der Waals surface area contributed by atoms with Crippen LogP contribution in [0.15, 0.2) is 18.2 Å². The number of hydrogen-bond donors (Lipinski definition) is 1. The molecule has 1 N–H and O–H groups in total. The Hall–Kier alpha value is -2.28. The summed E-state index contributed by atoms with van der Waals surface area (Å²) in [6, 6.07) is 5.79. The number of nitrogens with one attached hydrogen (secondary N) is 1. The summed E-state index contributed by atoms with van der Waals surface area (Å²) < 4.78 is 11.0. The molecule has 1 aromatic rings. The molecule has 2 amide bonds. The van der Waals surface area contributed by atoms with Crippen molar-refractivity contribution in [3.63, 3.8) is 0 Å². The summed E-state index contributed by atoms with van der Waals surface area (Å²) in [7, 11) is 1.60. The van der Waals surface area contributed by atoms with Gasteiger partial charge in [0.25, 0.3) is 0 Å². The lowest BCUT2D eigenvalue weighted by atomic mass is 10.1. The Morgan fingerprint density at radius 2 is 2.12 bits per heavy atom. The zero-order valence-corrected chi connectivity index (χ0v) is 15.3. The third kappa shape index (κ3) is 4.66. The molecule has 2 saturated heterocycles. The van der Waals surface area contributed by atoms with Crippen molar-refractivity contribution in [1.29, 1.82) is 0 Å². The monoisotopic (exact) mass is 361 g/mol. The van der Waals surface area contributed by atoms with E-state index in [1.54, 1.807) is 12.0 Å². The van der Waals surface area contributed by atoms with Crippen LogP contribution in [0.25, 0.3) is 0 Å². The van der Waals surface area contributed by atoms with Gasteiger partial charge in [0.15, 0.2) is 0 Å². The maximum Gasteiger partial charge on any atom is 0.227 e. The Kier molecular flexibility index (Phi) is 6.33. The topological polar surface area (TPSA) is 71.1 Å². The summed E-state index contributed by atoms with van der Waals surface area (Å²) in [4.78, 5) is 27.2. The molecule has 0 aliphatic carbocycles. The van der Waals surface area contributed by atoms with E-state index in [-0.39, 0.29) is 12.0 Å². The average molecular weight is 361 g/mol. The first-order valence-electron chi connectivity index (χ1n) is 9.23. The van der Waals surface area contributed by atoms with Crippen LogP contribution in [0.5, 0.6) is 5.75 Å². The summed E-state index contributed by atoms with van der Waals surface area (Å²) in [5.41, 5.74) is 1.68. The number of anilines is 2. The number of amides is 2. The molecule has 7 nitrogen and oxygen atoms in total. The van der Waals surface area contributed by atoms with E-state index in [2.05, 4.69) is 10.2 Å². The quantitative estimate of drug-likeness (QED) is 0.784. The van der Waals surface area contributed by atoms with Crippen LogP contribution in [0, 0.1) is 0 Å². The van der Waals surface area contributed by atoms with Gasteiger partial charge in [-0.05, 0) is 37.5 Å². The Labute approximate surface area is 154 Å². The summed E-state index contributed by atoms with van der Waals surface area (Å²) in [5, 5.41) is 2.97. The molecule has 2 heterocycles. The molecule has 26 heavy (non-hydrogen) atoms. The highest BCUT2D eigenvalue weighted by molar-refractivity contribution is 5.93. The molecule has 0 bridgehead atoms. The fraction of sp³-hybridized carbons (Fsp3) is 0.579. The summed E-state index contributed by atoms with van der Waals surface area (Å²) >= 11 is 0. The molecular formula is C19H27N3O4. The summed E-state index contributed by atoms with van der Waals surface area (Å²) in [6.07, 6.45) is 4.39. The van der Waals surface area contributed by atoms with Crippen molar-refractivity contribution in [3.8, 4) is 5.75 Å². The van der Waals surface area contributed by atoms with Gasteiger partial charge in [-0.3, -0.25) is 9.59 Å². The van der Waals surface area contributed by atoms with Crippen LogP contribution < -0.4 is 15.0 Å². The summed E-state index contributed by atoms with van der Waals surface area (Å²) in [6.45, 7) is 3.69. The van der Waals surface area contributed by atoms with E-state index in [0.717, 1.165) is 51.1 Å². The van der Waals surface area contributed by atoms with E-state index in [4.69, 9.17) is 9.47 Å². The second kappa shape index (κ2) is 8.89. The normalized spacial score (nSPS) is 20.6. The van der Waals surface area contributed by atoms with Gasteiger partial charge in [-0.25, -0.2) is 0 Å². The molecule has 1 atom stereocenters. The van der Waals surface area contributed by atoms with Gasteiger partial charge in [0.2, 0.25) is 12.3 Å². The third-order valence-electron chi connectivity index (χ3n) is 4.97. The molecule has 2 aliphatic rings. The molecule has 2 aliphatic heterocycles. The van der Waals surface area contributed by atoms with E-state index >= 15 is 0 Å². The molecule has 2 fully saturated rings. The predicted octanol–water partition coefficient (Wildman–Crippen LogP) is 1.87. The van der Waals surface area contributed by atoms with Gasteiger partial charge in [-0.1, -0.05) is 0 Å². The standard InChI is InChI=1S/C19H27N3O4/c1-25-18-6-5-15(22-9-7-21(14-23)8-10-22)12-17(18)20-19(24)13-16-4-2-3-11-26-16/h5-6,12,14,16H,2-4,7-11,13H2,1H3,(H,20,24). The van der Waals surface area contributed by atoms with E-state index in [0.29, 0.717) is 30.9 Å². The van der Waals surface area contributed by atoms with Gasteiger partial charge in [-0.15, -0.1) is 0 Å². The Morgan fingerprint density at radius 1 is 1.31 bits per heavy atom. The fourth-order valence-electron chi connectivity index (χ4n) is 3.45. The lowest BCUT2D eigenvalue weighted by Gasteiger charge is -2.34. The van der Waals surface area contributed by atoms with Gasteiger partial charge < -0.3 is 24.6 Å².